The van der Waals surface area contributed by atoms with Gasteiger partial charge in [-0.05, 0) is 36.0 Å². The first-order valence-corrected chi connectivity index (χ1v) is 7.57. The van der Waals surface area contributed by atoms with Gasteiger partial charge in [0.1, 0.15) is 0 Å². The highest BCUT2D eigenvalue weighted by Crippen LogP contribution is 2.37. The summed E-state index contributed by atoms with van der Waals surface area (Å²) >= 11 is 12.1. The van der Waals surface area contributed by atoms with Crippen LogP contribution >= 0.6 is 23.2 Å². The van der Waals surface area contributed by atoms with E-state index in [4.69, 9.17) is 28.3 Å². The topological polar surface area (TPSA) is 37.3 Å². The average molecular weight is 301 g/mol. The van der Waals surface area contributed by atoms with Crippen LogP contribution in [0.3, 0.4) is 0 Å². The van der Waals surface area contributed by atoms with Gasteiger partial charge < -0.3 is 5.11 Å². The number of alkyl halides is 1. The van der Waals surface area contributed by atoms with Crippen LogP contribution < -0.4 is 0 Å². The van der Waals surface area contributed by atoms with Crippen molar-refractivity contribution in [2.45, 2.75) is 49.8 Å². The molecule has 1 fully saturated rings. The molecule has 0 amide bonds. The van der Waals surface area contributed by atoms with Crippen molar-refractivity contribution in [1.29, 1.82) is 0 Å². The molecule has 1 aromatic carbocycles. The minimum absolute atomic E-state index is 0.502. The third kappa shape index (κ3) is 3.64. The maximum absolute atomic E-state index is 10.9. The van der Waals surface area contributed by atoms with Crippen molar-refractivity contribution in [2.24, 2.45) is 0 Å². The average Bonchev–Trinajstić information content (AvgIpc) is 2.66. The second-order valence-electron chi connectivity index (χ2n) is 5.17. The number of hydrogen-bond donors (Lipinski definition) is 1. The number of carbonyl (C=O) groups is 1. The molecule has 4 heteroatoms. The van der Waals surface area contributed by atoms with Gasteiger partial charge in [-0.1, -0.05) is 49.4 Å². The fourth-order valence-corrected chi connectivity index (χ4v) is 3.24. The Labute approximate surface area is 123 Å². The number of rotatable bonds is 3. The van der Waals surface area contributed by atoms with Crippen LogP contribution in [0, 0.1) is 0 Å². The molecule has 0 aliphatic heterocycles. The van der Waals surface area contributed by atoms with E-state index < -0.39 is 11.3 Å². The minimum atomic E-state index is -1.04. The van der Waals surface area contributed by atoms with Crippen LogP contribution in [0.1, 0.15) is 60.9 Å². The van der Waals surface area contributed by atoms with E-state index in [2.05, 4.69) is 0 Å². The highest BCUT2D eigenvalue weighted by atomic mass is 35.5. The summed E-state index contributed by atoms with van der Waals surface area (Å²) in [6.07, 6.45) is 7.43. The maximum atomic E-state index is 10.9. The van der Waals surface area contributed by atoms with Crippen molar-refractivity contribution in [3.8, 4) is 0 Å². The zero-order valence-corrected chi connectivity index (χ0v) is 12.3. The van der Waals surface area contributed by atoms with Crippen LogP contribution in [0.4, 0.5) is 0 Å². The van der Waals surface area contributed by atoms with E-state index in [0.717, 1.165) is 5.56 Å². The first-order chi connectivity index (χ1) is 9.09. The van der Waals surface area contributed by atoms with E-state index in [1.807, 2.05) is 6.07 Å². The van der Waals surface area contributed by atoms with Crippen molar-refractivity contribution in [3.05, 3.63) is 34.3 Å². The number of carboxylic acids is 1. The lowest BCUT2D eigenvalue weighted by Crippen LogP contribution is -2.06. The van der Waals surface area contributed by atoms with Crippen LogP contribution in [0.2, 0.25) is 5.02 Å². The van der Waals surface area contributed by atoms with E-state index in [1.54, 1.807) is 12.1 Å². The van der Waals surface area contributed by atoms with E-state index in [9.17, 15) is 4.79 Å². The molecule has 2 nitrogen and oxygen atoms in total. The molecule has 1 atom stereocenters. The summed E-state index contributed by atoms with van der Waals surface area (Å²) in [6.45, 7) is 0. The molecule has 1 N–H and O–H groups in total. The van der Waals surface area contributed by atoms with E-state index in [-0.39, 0.29) is 0 Å². The summed E-state index contributed by atoms with van der Waals surface area (Å²) in [6, 6.07) is 5.44. The Morgan fingerprint density at radius 3 is 2.37 bits per heavy atom. The fraction of sp³-hybridized carbons (Fsp3) is 0.533. The number of carboxylic acid groups (broad SMARTS) is 1. The van der Waals surface area contributed by atoms with Crippen molar-refractivity contribution >= 4 is 29.2 Å². The second-order valence-corrected chi connectivity index (χ2v) is 6.01. The maximum Gasteiger partial charge on any atom is 0.326 e. The fourth-order valence-electron chi connectivity index (χ4n) is 2.77. The molecule has 1 aliphatic carbocycles. The SMILES string of the molecule is O=C(O)C(Cl)c1ccc(C2CCCCCC2)c(Cl)c1. The smallest absolute Gasteiger partial charge is 0.326 e. The molecule has 0 aromatic heterocycles. The van der Waals surface area contributed by atoms with Gasteiger partial charge >= 0.3 is 5.97 Å². The van der Waals surface area contributed by atoms with E-state index in [0.29, 0.717) is 16.5 Å². The Bertz CT molecular complexity index is 451. The predicted octanol–water partition coefficient (Wildman–Crippen LogP) is 5.14. The highest BCUT2D eigenvalue weighted by molar-refractivity contribution is 6.32. The van der Waals surface area contributed by atoms with Crippen LogP contribution in [0.5, 0.6) is 0 Å². The van der Waals surface area contributed by atoms with Gasteiger partial charge in [-0.3, -0.25) is 4.79 Å². The van der Waals surface area contributed by atoms with Crippen molar-refractivity contribution < 1.29 is 9.90 Å². The number of halogens is 2. The minimum Gasteiger partial charge on any atom is -0.480 e. The molecule has 19 heavy (non-hydrogen) atoms. The Kier molecular flexibility index (Phi) is 5.12. The number of benzene rings is 1. The van der Waals surface area contributed by atoms with Gasteiger partial charge in [0.15, 0.2) is 5.38 Å². The molecule has 0 bridgehead atoms. The molecule has 0 saturated heterocycles. The van der Waals surface area contributed by atoms with Crippen molar-refractivity contribution in [2.75, 3.05) is 0 Å². The Balaban J connectivity index is 2.20. The summed E-state index contributed by atoms with van der Waals surface area (Å²) in [4.78, 5) is 10.9. The lowest BCUT2D eigenvalue weighted by atomic mass is 9.91. The number of aliphatic carboxylic acids is 1. The highest BCUT2D eigenvalue weighted by Gasteiger charge is 2.20. The molecule has 104 valence electrons. The normalized spacial score (nSPS) is 18.8. The molecular weight excluding hydrogens is 283 g/mol. The lowest BCUT2D eigenvalue weighted by molar-refractivity contribution is -0.136. The van der Waals surface area contributed by atoms with Crippen molar-refractivity contribution in [1.82, 2.24) is 0 Å². The van der Waals surface area contributed by atoms with Crippen LogP contribution in [-0.2, 0) is 4.79 Å². The number of hydrogen-bond acceptors (Lipinski definition) is 1. The molecule has 1 unspecified atom stereocenters. The van der Waals surface area contributed by atoms with Gasteiger partial charge in [-0.2, -0.15) is 0 Å². The zero-order valence-electron chi connectivity index (χ0n) is 10.7. The third-order valence-electron chi connectivity index (χ3n) is 3.83. The molecule has 2 rings (SSSR count). The largest absolute Gasteiger partial charge is 0.480 e. The van der Waals surface area contributed by atoms with Crippen LogP contribution in [-0.4, -0.2) is 11.1 Å². The Hall–Kier alpha value is -0.730. The first kappa shape index (κ1) is 14.7. The predicted molar refractivity (Wildman–Crippen MR) is 78.1 cm³/mol. The summed E-state index contributed by atoms with van der Waals surface area (Å²) in [5.74, 6) is -0.539. The summed E-state index contributed by atoms with van der Waals surface area (Å²) < 4.78 is 0. The van der Waals surface area contributed by atoms with E-state index >= 15 is 0 Å². The third-order valence-corrected chi connectivity index (χ3v) is 4.59. The molecule has 1 aromatic rings. The van der Waals surface area contributed by atoms with Gasteiger partial charge in [-0.15, -0.1) is 11.6 Å². The molecule has 0 radical (unpaired) electrons. The van der Waals surface area contributed by atoms with Gasteiger partial charge in [0.05, 0.1) is 0 Å². The summed E-state index contributed by atoms with van der Waals surface area (Å²) in [5.41, 5.74) is 1.69. The van der Waals surface area contributed by atoms with E-state index in [1.165, 1.54) is 38.5 Å². The van der Waals surface area contributed by atoms with Crippen molar-refractivity contribution in [3.63, 3.8) is 0 Å². The van der Waals surface area contributed by atoms with Gasteiger partial charge in [0.25, 0.3) is 0 Å². The Morgan fingerprint density at radius 2 is 1.84 bits per heavy atom. The molecule has 1 aliphatic rings. The Morgan fingerprint density at radius 1 is 1.21 bits per heavy atom. The van der Waals surface area contributed by atoms with Crippen LogP contribution in [0.25, 0.3) is 0 Å². The second kappa shape index (κ2) is 6.62. The van der Waals surface area contributed by atoms with Gasteiger partial charge in [0, 0.05) is 5.02 Å². The quantitative estimate of drug-likeness (QED) is 0.620. The lowest BCUT2D eigenvalue weighted by Gasteiger charge is -2.17. The van der Waals surface area contributed by atoms with Crippen LogP contribution in [0.15, 0.2) is 18.2 Å². The standard InChI is InChI=1S/C15H18Cl2O2/c16-13-9-11(14(17)15(18)19)7-8-12(13)10-5-3-1-2-4-6-10/h7-10,14H,1-6H2,(H,18,19). The summed E-state index contributed by atoms with van der Waals surface area (Å²) in [7, 11) is 0. The molecular formula is C15H18Cl2O2. The first-order valence-electron chi connectivity index (χ1n) is 6.76. The van der Waals surface area contributed by atoms with Gasteiger partial charge in [-0.25, -0.2) is 0 Å². The molecule has 0 spiro atoms. The zero-order chi connectivity index (χ0) is 13.8. The molecule has 0 heterocycles. The molecule has 1 saturated carbocycles. The summed E-state index contributed by atoms with van der Waals surface area (Å²) in [5, 5.41) is 8.53. The monoisotopic (exact) mass is 300 g/mol. The van der Waals surface area contributed by atoms with Gasteiger partial charge in [0.2, 0.25) is 0 Å².